The molecule has 0 aliphatic rings. The second kappa shape index (κ2) is 27.5. The van der Waals surface area contributed by atoms with Gasteiger partial charge in [-0.15, -0.1) is 0 Å². The fraction of sp³-hybridized carbons (Fsp3) is 0.702. The number of ether oxygens (including phenoxy) is 2. The van der Waals surface area contributed by atoms with Crippen LogP contribution in [0.2, 0.25) is 0 Å². The van der Waals surface area contributed by atoms with E-state index < -0.39 is 0 Å². The molecule has 0 spiro atoms. The van der Waals surface area contributed by atoms with Gasteiger partial charge in [0.1, 0.15) is 11.5 Å². The van der Waals surface area contributed by atoms with Crippen molar-refractivity contribution >= 4 is 12.2 Å². The number of benzene rings is 2. The second-order valence-electron chi connectivity index (χ2n) is 15.7. The first-order chi connectivity index (χ1) is 25.7. The van der Waals surface area contributed by atoms with Crippen LogP contribution >= 0.6 is 0 Å². The average molecular weight is 735 g/mol. The Balaban J connectivity index is 2.07. The normalized spacial score (nSPS) is 13.6. The molecule has 0 aliphatic carbocycles. The molecule has 53 heavy (non-hydrogen) atoms. The van der Waals surface area contributed by atoms with Gasteiger partial charge < -0.3 is 19.3 Å². The van der Waals surface area contributed by atoms with E-state index in [1.54, 1.807) is 0 Å². The molecule has 2 rings (SSSR count). The molecule has 0 heterocycles. The smallest absolute Gasteiger partial charge is 0.410 e. The van der Waals surface area contributed by atoms with Gasteiger partial charge in [0.05, 0.1) is 0 Å². The van der Waals surface area contributed by atoms with Crippen LogP contribution in [0.5, 0.6) is 11.5 Å². The number of hydrogen-bond donors (Lipinski definition) is 0. The first-order valence-corrected chi connectivity index (χ1v) is 21.8. The van der Waals surface area contributed by atoms with Crippen LogP contribution in [-0.4, -0.2) is 48.2 Å². The molecule has 2 aromatic rings. The van der Waals surface area contributed by atoms with E-state index in [2.05, 4.69) is 55.4 Å². The highest BCUT2D eigenvalue weighted by Crippen LogP contribution is 2.24. The highest BCUT2D eigenvalue weighted by Gasteiger charge is 2.24. The molecule has 300 valence electrons. The Morgan fingerprint density at radius 2 is 0.717 bits per heavy atom. The van der Waals surface area contributed by atoms with Gasteiger partial charge in [0.15, 0.2) is 0 Å². The Labute approximate surface area is 325 Å². The van der Waals surface area contributed by atoms with Crippen LogP contribution in [0.15, 0.2) is 48.5 Å². The molecule has 0 saturated heterocycles. The summed E-state index contributed by atoms with van der Waals surface area (Å²) in [5, 5.41) is 0. The van der Waals surface area contributed by atoms with Gasteiger partial charge in [0, 0.05) is 26.2 Å². The molecule has 6 nitrogen and oxygen atoms in total. The maximum Gasteiger partial charge on any atom is 0.415 e. The van der Waals surface area contributed by atoms with Crippen LogP contribution in [0.1, 0.15) is 169 Å². The molecule has 0 aromatic heterocycles. The number of nitrogens with zero attached hydrogens (tertiary/aromatic N) is 2. The van der Waals surface area contributed by atoms with Gasteiger partial charge in [-0.1, -0.05) is 157 Å². The number of hydrogen-bond acceptors (Lipinski definition) is 4. The van der Waals surface area contributed by atoms with Crippen LogP contribution in [0, 0.1) is 23.7 Å². The lowest BCUT2D eigenvalue weighted by molar-refractivity contribution is 0.129. The Morgan fingerprint density at radius 1 is 0.453 bits per heavy atom. The molecule has 0 bridgehead atoms. The van der Waals surface area contributed by atoms with Crippen molar-refractivity contribution in [2.45, 2.75) is 165 Å². The van der Waals surface area contributed by atoms with Gasteiger partial charge in [-0.25, -0.2) is 9.59 Å². The average Bonchev–Trinajstić information content (AvgIpc) is 3.18. The minimum Gasteiger partial charge on any atom is -0.410 e. The largest absolute Gasteiger partial charge is 0.415 e. The molecule has 6 heteroatoms. The zero-order valence-corrected chi connectivity index (χ0v) is 35.3. The van der Waals surface area contributed by atoms with Crippen molar-refractivity contribution in [3.8, 4) is 11.5 Å². The van der Waals surface area contributed by atoms with E-state index >= 15 is 0 Å². The minimum atomic E-state index is -0.233. The molecule has 4 atom stereocenters. The number of unbranched alkanes of at least 4 members (excludes halogenated alkanes) is 4. The Kier molecular flexibility index (Phi) is 24.0. The zero-order chi connectivity index (χ0) is 38.8. The van der Waals surface area contributed by atoms with Crippen molar-refractivity contribution in [3.63, 3.8) is 0 Å². The molecular weight excluding hydrogens is 657 g/mol. The van der Waals surface area contributed by atoms with Crippen molar-refractivity contribution in [2.24, 2.45) is 23.7 Å². The lowest BCUT2D eigenvalue weighted by Gasteiger charge is -2.30. The first-order valence-electron chi connectivity index (χ1n) is 21.8. The maximum absolute atomic E-state index is 13.6. The van der Waals surface area contributed by atoms with E-state index in [0.29, 0.717) is 35.2 Å². The van der Waals surface area contributed by atoms with Gasteiger partial charge in [0.25, 0.3) is 0 Å². The standard InChI is InChI=1S/C47H78N2O4/c1-9-17-21-38(13-5)34-48(35-39(14-6)22-18-10-2)46(50)52-44-29-25-42(26-30-44)33-43-27-31-45(32-28-43)53-47(51)49(36-40(15-7)23-19-11-3)37-41(16-8)24-20-12-4/h25-32,38-41H,9-24,33-37H2,1-8H3. The molecule has 0 fully saturated rings. The van der Waals surface area contributed by atoms with Crippen LogP contribution < -0.4 is 9.47 Å². The Hall–Kier alpha value is -3.02. The van der Waals surface area contributed by atoms with Crippen molar-refractivity contribution in [1.82, 2.24) is 9.80 Å². The van der Waals surface area contributed by atoms with Crippen LogP contribution in [0.3, 0.4) is 0 Å². The van der Waals surface area contributed by atoms with Gasteiger partial charge in [-0.05, 0) is 91.2 Å². The van der Waals surface area contributed by atoms with E-state index in [1.165, 1.54) is 51.4 Å². The molecule has 2 aromatic carbocycles. The maximum atomic E-state index is 13.6. The second-order valence-corrected chi connectivity index (χ2v) is 15.7. The van der Waals surface area contributed by atoms with Gasteiger partial charge in [-0.2, -0.15) is 0 Å². The zero-order valence-electron chi connectivity index (χ0n) is 35.3. The summed E-state index contributed by atoms with van der Waals surface area (Å²) in [6.45, 7) is 20.9. The number of carbonyl (C=O) groups is 2. The van der Waals surface area contributed by atoms with Gasteiger partial charge in [-0.3, -0.25) is 0 Å². The topological polar surface area (TPSA) is 59.1 Å². The number of carbonyl (C=O) groups excluding carboxylic acids is 2. The predicted octanol–water partition coefficient (Wildman–Crippen LogP) is 13.7. The van der Waals surface area contributed by atoms with Crippen molar-refractivity contribution in [3.05, 3.63) is 59.7 Å². The molecule has 0 aliphatic heterocycles. The number of amides is 2. The SMILES string of the molecule is CCCCC(CC)CN(CC(CC)CCCC)C(=O)Oc1ccc(Cc2ccc(OC(=O)N(CC(CC)CCCC)CC(CC)CCCC)cc2)cc1. The summed E-state index contributed by atoms with van der Waals surface area (Å²) in [5.74, 6) is 3.15. The fourth-order valence-electron chi connectivity index (χ4n) is 7.28. The Morgan fingerprint density at radius 3 is 0.943 bits per heavy atom. The third-order valence-electron chi connectivity index (χ3n) is 11.3. The van der Waals surface area contributed by atoms with E-state index in [1.807, 2.05) is 58.3 Å². The van der Waals surface area contributed by atoms with Crippen LogP contribution in [-0.2, 0) is 6.42 Å². The summed E-state index contributed by atoms with van der Waals surface area (Å²) < 4.78 is 12.0. The third kappa shape index (κ3) is 18.2. The lowest BCUT2D eigenvalue weighted by Crippen LogP contribution is -2.40. The van der Waals surface area contributed by atoms with Gasteiger partial charge >= 0.3 is 12.2 Å². The minimum absolute atomic E-state index is 0.233. The highest BCUT2D eigenvalue weighted by atomic mass is 16.6. The Bertz CT molecular complexity index is 1100. The van der Waals surface area contributed by atoms with Crippen LogP contribution in [0.4, 0.5) is 9.59 Å². The van der Waals surface area contributed by atoms with Crippen molar-refractivity contribution in [2.75, 3.05) is 26.2 Å². The molecule has 0 radical (unpaired) electrons. The van der Waals surface area contributed by atoms with Crippen molar-refractivity contribution < 1.29 is 19.1 Å². The molecule has 2 amide bonds. The van der Waals surface area contributed by atoms with E-state index in [0.717, 1.165) is 95.1 Å². The quantitative estimate of drug-likeness (QED) is 0.0873. The molecule has 0 saturated carbocycles. The molecular formula is C47H78N2O4. The highest BCUT2D eigenvalue weighted by molar-refractivity contribution is 5.71. The van der Waals surface area contributed by atoms with Gasteiger partial charge in [0.2, 0.25) is 0 Å². The summed E-state index contributed by atoms with van der Waals surface area (Å²) in [6, 6.07) is 15.8. The van der Waals surface area contributed by atoms with E-state index in [4.69, 9.17) is 9.47 Å². The van der Waals surface area contributed by atoms with E-state index in [9.17, 15) is 9.59 Å². The fourth-order valence-corrected chi connectivity index (χ4v) is 7.28. The summed E-state index contributed by atoms with van der Waals surface area (Å²) in [5.41, 5.74) is 2.26. The summed E-state index contributed by atoms with van der Waals surface area (Å²) >= 11 is 0. The molecule has 0 N–H and O–H groups in total. The summed E-state index contributed by atoms with van der Waals surface area (Å²) in [7, 11) is 0. The lowest BCUT2D eigenvalue weighted by atomic mass is 9.96. The van der Waals surface area contributed by atoms with Crippen LogP contribution in [0.25, 0.3) is 0 Å². The monoisotopic (exact) mass is 735 g/mol. The number of rotatable bonds is 28. The van der Waals surface area contributed by atoms with Crippen molar-refractivity contribution in [1.29, 1.82) is 0 Å². The molecule has 4 unspecified atom stereocenters. The first kappa shape index (κ1) is 46.1. The van der Waals surface area contributed by atoms with E-state index in [-0.39, 0.29) is 12.2 Å². The predicted molar refractivity (Wildman–Crippen MR) is 224 cm³/mol. The third-order valence-corrected chi connectivity index (χ3v) is 11.3. The summed E-state index contributed by atoms with van der Waals surface area (Å²) in [4.78, 5) is 31.1. The summed E-state index contributed by atoms with van der Waals surface area (Å²) in [6.07, 6.45) is 18.6.